The predicted octanol–water partition coefficient (Wildman–Crippen LogP) is 4.19. The number of nitrogens with one attached hydrogen (secondary N) is 1. The lowest BCUT2D eigenvalue weighted by molar-refractivity contribution is 0.299. The number of nitrogens with zero attached hydrogens (tertiary/aromatic N) is 4. The summed E-state index contributed by atoms with van der Waals surface area (Å²) < 4.78 is 19.2. The van der Waals surface area contributed by atoms with E-state index in [2.05, 4.69) is 25.3 Å². The minimum Gasteiger partial charge on any atom is -0.487 e. The second kappa shape index (κ2) is 7.33. The molecular weight excluding hydrogens is 345 g/mol. The molecule has 27 heavy (non-hydrogen) atoms. The van der Waals surface area contributed by atoms with Crippen LogP contribution in [0.5, 0.6) is 5.75 Å². The fraction of sp³-hybridized carbons (Fsp3) is 0.100. The van der Waals surface area contributed by atoms with Crippen molar-refractivity contribution in [2.45, 2.75) is 13.5 Å². The van der Waals surface area contributed by atoms with Crippen LogP contribution < -0.4 is 10.1 Å². The Morgan fingerprint density at radius 2 is 2.00 bits per heavy atom. The Balaban J connectivity index is 1.59. The average Bonchev–Trinajstić information content (AvgIpc) is 2.67. The fourth-order valence-corrected chi connectivity index (χ4v) is 2.64. The second-order valence-electron chi connectivity index (χ2n) is 5.99. The number of aromatic nitrogens is 4. The molecule has 4 aromatic rings. The van der Waals surface area contributed by atoms with Crippen molar-refractivity contribution in [1.82, 2.24) is 19.9 Å². The standard InChI is InChI=1S/C20H16FN5O/c1-13-7-14-10-24-20(25-16-4-2-3-15(21)8-16)26-18(14)9-19(13)27-12-17-11-22-5-6-23-17/h2-11H,12H2,1H3,(H,24,25,26). The molecule has 0 spiro atoms. The summed E-state index contributed by atoms with van der Waals surface area (Å²) in [5, 5.41) is 3.90. The minimum atomic E-state index is -0.323. The number of anilines is 2. The van der Waals surface area contributed by atoms with Gasteiger partial charge in [0, 0.05) is 35.7 Å². The van der Waals surface area contributed by atoms with Crippen molar-refractivity contribution in [3.8, 4) is 5.75 Å². The Kier molecular flexibility index (Phi) is 4.57. The topological polar surface area (TPSA) is 72.8 Å². The largest absolute Gasteiger partial charge is 0.487 e. The number of ether oxygens (including phenoxy) is 1. The quantitative estimate of drug-likeness (QED) is 0.575. The molecule has 2 heterocycles. The summed E-state index contributed by atoms with van der Waals surface area (Å²) in [7, 11) is 0. The van der Waals surface area contributed by atoms with E-state index in [-0.39, 0.29) is 5.82 Å². The number of aryl methyl sites for hydroxylation is 1. The molecule has 1 N–H and O–H groups in total. The molecule has 0 fully saturated rings. The van der Waals surface area contributed by atoms with Gasteiger partial charge in [0.15, 0.2) is 0 Å². The Labute approximate surface area is 155 Å². The smallest absolute Gasteiger partial charge is 0.227 e. The van der Waals surface area contributed by atoms with Crippen molar-refractivity contribution in [1.29, 1.82) is 0 Å². The molecule has 0 radical (unpaired) electrons. The highest BCUT2D eigenvalue weighted by molar-refractivity contribution is 5.81. The molecule has 2 aromatic carbocycles. The molecule has 0 aliphatic carbocycles. The van der Waals surface area contributed by atoms with Crippen LogP contribution in [0.4, 0.5) is 16.0 Å². The third kappa shape index (κ3) is 3.98. The van der Waals surface area contributed by atoms with Crippen molar-refractivity contribution in [2.75, 3.05) is 5.32 Å². The zero-order valence-corrected chi connectivity index (χ0v) is 14.6. The monoisotopic (exact) mass is 361 g/mol. The van der Waals surface area contributed by atoms with Crippen LogP contribution in [0.3, 0.4) is 0 Å². The Hall–Kier alpha value is -3.61. The van der Waals surface area contributed by atoms with Crippen LogP contribution in [0.15, 0.2) is 61.2 Å². The molecule has 0 bridgehead atoms. The maximum absolute atomic E-state index is 13.3. The van der Waals surface area contributed by atoms with Crippen molar-refractivity contribution >= 4 is 22.5 Å². The van der Waals surface area contributed by atoms with Crippen LogP contribution in [-0.2, 0) is 6.61 Å². The fourth-order valence-electron chi connectivity index (χ4n) is 2.64. The van der Waals surface area contributed by atoms with E-state index in [4.69, 9.17) is 4.74 Å². The van der Waals surface area contributed by atoms with Crippen molar-refractivity contribution in [3.63, 3.8) is 0 Å². The van der Waals surface area contributed by atoms with Gasteiger partial charge in [-0.25, -0.2) is 14.4 Å². The molecule has 134 valence electrons. The molecule has 0 aliphatic rings. The summed E-state index contributed by atoms with van der Waals surface area (Å²) >= 11 is 0. The van der Waals surface area contributed by atoms with E-state index in [9.17, 15) is 4.39 Å². The first kappa shape index (κ1) is 16.8. The molecule has 7 heteroatoms. The van der Waals surface area contributed by atoms with Crippen molar-refractivity contribution < 1.29 is 9.13 Å². The Morgan fingerprint density at radius 3 is 2.81 bits per heavy atom. The maximum Gasteiger partial charge on any atom is 0.227 e. The lowest BCUT2D eigenvalue weighted by atomic mass is 10.1. The Morgan fingerprint density at radius 1 is 1.07 bits per heavy atom. The van der Waals surface area contributed by atoms with Gasteiger partial charge in [0.25, 0.3) is 0 Å². The molecular formula is C20H16FN5O. The molecule has 0 aliphatic heterocycles. The summed E-state index contributed by atoms with van der Waals surface area (Å²) in [6, 6.07) is 9.97. The summed E-state index contributed by atoms with van der Waals surface area (Å²) in [4.78, 5) is 17.0. The van der Waals surface area contributed by atoms with E-state index >= 15 is 0 Å². The maximum atomic E-state index is 13.3. The van der Waals surface area contributed by atoms with Gasteiger partial charge in [-0.1, -0.05) is 6.07 Å². The first-order valence-electron chi connectivity index (χ1n) is 8.35. The van der Waals surface area contributed by atoms with E-state index in [1.165, 1.54) is 12.1 Å². The summed E-state index contributed by atoms with van der Waals surface area (Å²) in [5.41, 5.74) is 3.03. The first-order chi connectivity index (χ1) is 13.2. The molecule has 2 aromatic heterocycles. The number of hydrogen-bond donors (Lipinski definition) is 1. The van der Waals surface area contributed by atoms with Gasteiger partial charge in [0.05, 0.1) is 17.4 Å². The van der Waals surface area contributed by atoms with E-state index in [1.807, 2.05) is 19.1 Å². The average molecular weight is 361 g/mol. The van der Waals surface area contributed by atoms with E-state index in [0.717, 1.165) is 22.2 Å². The number of rotatable bonds is 5. The zero-order valence-electron chi connectivity index (χ0n) is 14.6. The van der Waals surface area contributed by atoms with Crippen LogP contribution in [-0.4, -0.2) is 19.9 Å². The molecule has 0 atom stereocenters. The summed E-state index contributed by atoms with van der Waals surface area (Å²) in [6.45, 7) is 2.28. The molecule has 4 rings (SSSR count). The summed E-state index contributed by atoms with van der Waals surface area (Å²) in [6.07, 6.45) is 6.64. The molecule has 0 amide bonds. The van der Waals surface area contributed by atoms with Crippen LogP contribution in [0, 0.1) is 12.7 Å². The van der Waals surface area contributed by atoms with Crippen LogP contribution in [0.1, 0.15) is 11.3 Å². The SMILES string of the molecule is Cc1cc2cnc(Nc3cccc(F)c3)nc2cc1OCc1cnccn1. The van der Waals surface area contributed by atoms with Gasteiger partial charge in [-0.3, -0.25) is 9.97 Å². The summed E-state index contributed by atoms with van der Waals surface area (Å²) in [5.74, 6) is 0.775. The van der Waals surface area contributed by atoms with E-state index < -0.39 is 0 Å². The highest BCUT2D eigenvalue weighted by Crippen LogP contribution is 2.26. The van der Waals surface area contributed by atoms with Crippen LogP contribution >= 0.6 is 0 Å². The third-order valence-corrected chi connectivity index (χ3v) is 3.95. The van der Waals surface area contributed by atoms with Crippen molar-refractivity contribution in [3.05, 3.63) is 78.3 Å². The van der Waals surface area contributed by atoms with Gasteiger partial charge in [0.1, 0.15) is 18.2 Å². The second-order valence-corrected chi connectivity index (χ2v) is 5.99. The third-order valence-electron chi connectivity index (χ3n) is 3.95. The number of fused-ring (bicyclic) bond motifs is 1. The lowest BCUT2D eigenvalue weighted by Gasteiger charge is -2.11. The lowest BCUT2D eigenvalue weighted by Crippen LogP contribution is -2.01. The Bertz CT molecular complexity index is 1090. The highest BCUT2D eigenvalue weighted by Gasteiger charge is 2.07. The number of halogens is 1. The van der Waals surface area contributed by atoms with E-state index in [1.54, 1.807) is 36.9 Å². The predicted molar refractivity (Wildman–Crippen MR) is 100 cm³/mol. The van der Waals surface area contributed by atoms with Gasteiger partial charge in [-0.15, -0.1) is 0 Å². The normalized spacial score (nSPS) is 10.7. The zero-order chi connectivity index (χ0) is 18.6. The molecule has 0 unspecified atom stereocenters. The molecule has 0 saturated heterocycles. The van der Waals surface area contributed by atoms with Crippen LogP contribution in [0.25, 0.3) is 10.9 Å². The van der Waals surface area contributed by atoms with Crippen molar-refractivity contribution in [2.24, 2.45) is 0 Å². The van der Waals surface area contributed by atoms with E-state index in [0.29, 0.717) is 24.0 Å². The molecule has 6 nitrogen and oxygen atoms in total. The van der Waals surface area contributed by atoms with Gasteiger partial charge in [-0.05, 0) is 36.8 Å². The van der Waals surface area contributed by atoms with Gasteiger partial charge >= 0.3 is 0 Å². The van der Waals surface area contributed by atoms with Gasteiger partial charge in [-0.2, -0.15) is 0 Å². The number of benzene rings is 2. The molecule has 0 saturated carbocycles. The van der Waals surface area contributed by atoms with Crippen LogP contribution in [0.2, 0.25) is 0 Å². The highest BCUT2D eigenvalue weighted by atomic mass is 19.1. The van der Waals surface area contributed by atoms with Gasteiger partial charge < -0.3 is 10.1 Å². The number of hydrogen-bond acceptors (Lipinski definition) is 6. The van der Waals surface area contributed by atoms with Gasteiger partial charge in [0.2, 0.25) is 5.95 Å². The first-order valence-corrected chi connectivity index (χ1v) is 8.35. The minimum absolute atomic E-state index is 0.319.